The first kappa shape index (κ1) is 12.9. The van der Waals surface area contributed by atoms with E-state index in [-0.39, 0.29) is 5.56 Å². The average Bonchev–Trinajstić information content (AvgIpc) is 2.19. The summed E-state index contributed by atoms with van der Waals surface area (Å²) in [6.07, 6.45) is -4.08. The van der Waals surface area contributed by atoms with Gasteiger partial charge in [0.2, 0.25) is 0 Å². The largest absolute Gasteiger partial charge is 0.416 e. The molecular formula is C11H8F4S. The summed E-state index contributed by atoms with van der Waals surface area (Å²) in [5.74, 6) is 4.62. The highest BCUT2D eigenvalue weighted by Gasteiger charge is 2.30. The molecule has 0 fully saturated rings. The number of alkyl halides is 3. The van der Waals surface area contributed by atoms with Gasteiger partial charge in [0.25, 0.3) is 0 Å². The van der Waals surface area contributed by atoms with Crippen molar-refractivity contribution in [3.8, 4) is 11.8 Å². The third kappa shape index (κ3) is 3.46. The lowest BCUT2D eigenvalue weighted by Gasteiger charge is -2.06. The van der Waals surface area contributed by atoms with E-state index in [1.807, 2.05) is 0 Å². The second-order valence-corrected chi connectivity index (χ2v) is 3.41. The molecule has 1 aromatic rings. The Morgan fingerprint density at radius 3 is 2.50 bits per heavy atom. The minimum Gasteiger partial charge on any atom is -0.206 e. The second-order valence-electron chi connectivity index (χ2n) is 2.97. The molecule has 5 heteroatoms. The van der Waals surface area contributed by atoms with Gasteiger partial charge < -0.3 is 0 Å². The summed E-state index contributed by atoms with van der Waals surface area (Å²) < 4.78 is 50.0. The average molecular weight is 248 g/mol. The molecular weight excluding hydrogens is 240 g/mol. The number of rotatable bonds is 1. The molecule has 0 heterocycles. The monoisotopic (exact) mass is 248 g/mol. The van der Waals surface area contributed by atoms with Crippen LogP contribution in [-0.2, 0) is 6.18 Å². The first-order chi connectivity index (χ1) is 7.45. The summed E-state index contributed by atoms with van der Waals surface area (Å²) in [5.41, 5.74) is -1.14. The van der Waals surface area contributed by atoms with Crippen LogP contribution in [0.15, 0.2) is 18.2 Å². The zero-order chi connectivity index (χ0) is 12.2. The summed E-state index contributed by atoms with van der Waals surface area (Å²) in [7, 11) is 0. The van der Waals surface area contributed by atoms with E-state index in [1.54, 1.807) is 0 Å². The van der Waals surface area contributed by atoms with Gasteiger partial charge in [0.15, 0.2) is 0 Å². The number of hydrogen-bond acceptors (Lipinski definition) is 1. The van der Waals surface area contributed by atoms with Crippen LogP contribution in [0, 0.1) is 17.7 Å². The van der Waals surface area contributed by atoms with Gasteiger partial charge in [-0.05, 0) is 18.2 Å². The van der Waals surface area contributed by atoms with Crippen molar-refractivity contribution in [1.82, 2.24) is 0 Å². The fourth-order valence-corrected chi connectivity index (χ4v) is 1.12. The Kier molecular flexibility index (Phi) is 4.25. The van der Waals surface area contributed by atoms with Crippen molar-refractivity contribution in [2.75, 3.05) is 5.75 Å². The predicted octanol–water partition coefficient (Wildman–Crippen LogP) is 3.52. The Balaban J connectivity index is 3.06. The lowest BCUT2D eigenvalue weighted by molar-refractivity contribution is -0.137. The van der Waals surface area contributed by atoms with Gasteiger partial charge in [-0.25, -0.2) is 4.39 Å². The molecule has 0 aromatic heterocycles. The van der Waals surface area contributed by atoms with Crippen LogP contribution in [0.5, 0.6) is 0 Å². The highest BCUT2D eigenvalue weighted by atomic mass is 32.1. The van der Waals surface area contributed by atoms with E-state index in [0.717, 1.165) is 6.07 Å². The summed E-state index contributed by atoms with van der Waals surface area (Å²) in [4.78, 5) is 0. The van der Waals surface area contributed by atoms with Crippen LogP contribution >= 0.6 is 12.6 Å². The molecule has 0 radical (unpaired) electrons. The van der Waals surface area contributed by atoms with Gasteiger partial charge >= 0.3 is 6.18 Å². The zero-order valence-electron chi connectivity index (χ0n) is 8.11. The topological polar surface area (TPSA) is 0 Å². The standard InChI is InChI=1S/C11H8F4S/c12-10-5-4-9(11(13,14)15)7-8(10)3-1-2-6-16/h4-5,7,16H,2,6H2. The molecule has 0 N–H and O–H groups in total. The Morgan fingerprint density at radius 1 is 1.25 bits per heavy atom. The van der Waals surface area contributed by atoms with E-state index in [0.29, 0.717) is 24.3 Å². The van der Waals surface area contributed by atoms with Gasteiger partial charge in [0.05, 0.1) is 11.1 Å². The molecule has 0 aliphatic carbocycles. The van der Waals surface area contributed by atoms with E-state index < -0.39 is 17.6 Å². The van der Waals surface area contributed by atoms with Crippen LogP contribution in [0.2, 0.25) is 0 Å². The third-order valence-electron chi connectivity index (χ3n) is 1.75. The molecule has 16 heavy (non-hydrogen) atoms. The fourth-order valence-electron chi connectivity index (χ4n) is 1.01. The van der Waals surface area contributed by atoms with Crippen molar-refractivity contribution in [1.29, 1.82) is 0 Å². The highest BCUT2D eigenvalue weighted by Crippen LogP contribution is 2.30. The molecule has 0 aliphatic rings. The molecule has 86 valence electrons. The van der Waals surface area contributed by atoms with Crippen LogP contribution in [0.4, 0.5) is 17.6 Å². The van der Waals surface area contributed by atoms with Crippen LogP contribution in [0.25, 0.3) is 0 Å². The van der Waals surface area contributed by atoms with Crippen LogP contribution in [0.1, 0.15) is 17.5 Å². The van der Waals surface area contributed by atoms with Crippen molar-refractivity contribution in [3.63, 3.8) is 0 Å². The summed E-state index contributed by atoms with van der Waals surface area (Å²) in [6.45, 7) is 0. The van der Waals surface area contributed by atoms with Crippen LogP contribution in [-0.4, -0.2) is 5.75 Å². The normalized spacial score (nSPS) is 10.8. The molecule has 0 spiro atoms. The number of hydrogen-bond donors (Lipinski definition) is 1. The molecule has 0 aliphatic heterocycles. The quantitative estimate of drug-likeness (QED) is 0.439. The van der Waals surface area contributed by atoms with E-state index in [1.165, 1.54) is 0 Å². The maximum Gasteiger partial charge on any atom is 0.416 e. The van der Waals surface area contributed by atoms with E-state index >= 15 is 0 Å². The molecule has 1 rings (SSSR count). The number of benzene rings is 1. The van der Waals surface area contributed by atoms with Crippen molar-refractivity contribution < 1.29 is 17.6 Å². The lowest BCUT2D eigenvalue weighted by atomic mass is 10.1. The van der Waals surface area contributed by atoms with Gasteiger partial charge in [0, 0.05) is 12.2 Å². The van der Waals surface area contributed by atoms with Crippen molar-refractivity contribution in [3.05, 3.63) is 35.1 Å². The molecule has 0 saturated carbocycles. The van der Waals surface area contributed by atoms with E-state index in [2.05, 4.69) is 24.5 Å². The molecule has 0 saturated heterocycles. The van der Waals surface area contributed by atoms with Crippen LogP contribution < -0.4 is 0 Å². The van der Waals surface area contributed by atoms with Gasteiger partial charge in [-0.15, -0.1) is 0 Å². The first-order valence-corrected chi connectivity index (χ1v) is 5.05. The number of halogens is 4. The molecule has 0 unspecified atom stereocenters. The maximum absolute atomic E-state index is 13.1. The second kappa shape index (κ2) is 5.26. The van der Waals surface area contributed by atoms with Gasteiger partial charge in [-0.1, -0.05) is 11.8 Å². The van der Waals surface area contributed by atoms with Crippen molar-refractivity contribution in [2.45, 2.75) is 12.6 Å². The van der Waals surface area contributed by atoms with E-state index in [4.69, 9.17) is 0 Å². The Bertz CT molecular complexity index is 426. The van der Waals surface area contributed by atoms with Crippen molar-refractivity contribution >= 4 is 12.6 Å². The minimum absolute atomic E-state index is 0.239. The Morgan fingerprint density at radius 2 is 1.94 bits per heavy atom. The number of thiol groups is 1. The smallest absolute Gasteiger partial charge is 0.206 e. The fraction of sp³-hybridized carbons (Fsp3) is 0.273. The summed E-state index contributed by atoms with van der Waals surface area (Å²) in [6, 6.07) is 2.17. The third-order valence-corrected chi connectivity index (χ3v) is 1.98. The van der Waals surface area contributed by atoms with Gasteiger partial charge in [0.1, 0.15) is 5.82 Å². The highest BCUT2D eigenvalue weighted by molar-refractivity contribution is 7.80. The Hall–Kier alpha value is -1.15. The molecule has 1 aromatic carbocycles. The summed E-state index contributed by atoms with van der Waals surface area (Å²) in [5, 5.41) is 0. The van der Waals surface area contributed by atoms with Crippen molar-refractivity contribution in [2.24, 2.45) is 0 Å². The van der Waals surface area contributed by atoms with Gasteiger partial charge in [-0.3, -0.25) is 0 Å². The summed E-state index contributed by atoms with van der Waals surface area (Å²) >= 11 is 3.88. The first-order valence-electron chi connectivity index (χ1n) is 4.41. The molecule has 0 bridgehead atoms. The van der Waals surface area contributed by atoms with E-state index in [9.17, 15) is 17.6 Å². The molecule has 0 atom stereocenters. The SMILES string of the molecule is Fc1ccc(C(F)(F)F)cc1C#CCCS. The minimum atomic E-state index is -4.48. The predicted molar refractivity (Wildman–Crippen MR) is 56.8 cm³/mol. The lowest BCUT2D eigenvalue weighted by Crippen LogP contribution is -2.05. The zero-order valence-corrected chi connectivity index (χ0v) is 9.00. The molecule has 0 nitrogen and oxygen atoms in total. The Labute approximate surface area is 96.1 Å². The molecule has 0 amide bonds. The van der Waals surface area contributed by atoms with Crippen LogP contribution in [0.3, 0.4) is 0 Å². The maximum atomic E-state index is 13.1. The van der Waals surface area contributed by atoms with Gasteiger partial charge in [-0.2, -0.15) is 25.8 Å².